The van der Waals surface area contributed by atoms with Crippen LogP contribution in [0.4, 0.5) is 22.2 Å². The summed E-state index contributed by atoms with van der Waals surface area (Å²) in [4.78, 5) is 34.2. The number of aromatic nitrogens is 2. The second kappa shape index (κ2) is 6.45. The van der Waals surface area contributed by atoms with Gasteiger partial charge in [0.1, 0.15) is 11.4 Å². The predicted octanol–water partition coefficient (Wildman–Crippen LogP) is 2.58. The summed E-state index contributed by atoms with van der Waals surface area (Å²) in [5, 5.41) is 6.11. The average molecular weight is 375 g/mol. The maximum Gasteiger partial charge on any atom is 0.324 e. The number of halogens is 1. The van der Waals surface area contributed by atoms with Gasteiger partial charge in [0.2, 0.25) is 5.95 Å². The average Bonchev–Trinajstić information content (AvgIpc) is 2.84. The van der Waals surface area contributed by atoms with Crippen LogP contribution in [0.15, 0.2) is 24.4 Å². The van der Waals surface area contributed by atoms with E-state index in [1.807, 2.05) is 13.8 Å². The number of carbonyl (C=O) groups excluding carboxylic acids is 2. The Morgan fingerprint density at radius 3 is 2.77 bits per heavy atom. The predicted molar refractivity (Wildman–Crippen MR) is 101 cm³/mol. The SMILES string of the molecule is Cc1c(Cl)cccc1NC(=O)c1cnc(N2CC(C)(C)NC2=O)nc1N. The van der Waals surface area contributed by atoms with Gasteiger partial charge >= 0.3 is 6.03 Å². The van der Waals surface area contributed by atoms with Gasteiger partial charge in [-0.3, -0.25) is 9.69 Å². The van der Waals surface area contributed by atoms with Crippen LogP contribution in [0.25, 0.3) is 0 Å². The number of carbonyl (C=O) groups is 2. The lowest BCUT2D eigenvalue weighted by atomic mass is 10.1. The lowest BCUT2D eigenvalue weighted by molar-refractivity contribution is 0.102. The van der Waals surface area contributed by atoms with Gasteiger partial charge in [0, 0.05) is 16.9 Å². The topological polar surface area (TPSA) is 113 Å². The standard InChI is InChI=1S/C17H19ClN6O2/c1-9-11(18)5-4-6-12(9)21-14(25)10-7-20-15(22-13(10)19)24-8-17(2,3)23-16(24)26/h4-7H,8H2,1-3H3,(H,21,25)(H,23,26)(H2,19,20,22). The molecular formula is C17H19ClN6O2. The fourth-order valence-corrected chi connectivity index (χ4v) is 2.82. The Morgan fingerprint density at radius 1 is 1.42 bits per heavy atom. The zero-order valence-corrected chi connectivity index (χ0v) is 15.4. The van der Waals surface area contributed by atoms with E-state index in [4.69, 9.17) is 17.3 Å². The number of benzene rings is 1. The van der Waals surface area contributed by atoms with Crippen molar-refractivity contribution in [2.24, 2.45) is 0 Å². The van der Waals surface area contributed by atoms with Crippen LogP contribution in [-0.4, -0.2) is 34.0 Å². The lowest BCUT2D eigenvalue weighted by Gasteiger charge is -2.17. The molecule has 1 aromatic carbocycles. The van der Waals surface area contributed by atoms with E-state index in [1.54, 1.807) is 25.1 Å². The molecule has 2 heterocycles. The molecule has 2 aromatic rings. The summed E-state index contributed by atoms with van der Waals surface area (Å²) in [5.74, 6) is -0.309. The third-order valence-electron chi connectivity index (χ3n) is 4.05. The molecule has 1 aromatic heterocycles. The Labute approximate surface area is 155 Å². The van der Waals surface area contributed by atoms with Gasteiger partial charge < -0.3 is 16.4 Å². The van der Waals surface area contributed by atoms with Crippen LogP contribution in [0.2, 0.25) is 5.02 Å². The van der Waals surface area contributed by atoms with Gasteiger partial charge in [-0.2, -0.15) is 4.98 Å². The van der Waals surface area contributed by atoms with Gasteiger partial charge in [0.15, 0.2) is 0 Å². The van der Waals surface area contributed by atoms with E-state index in [-0.39, 0.29) is 23.4 Å². The Hall–Kier alpha value is -2.87. The second-order valence-corrected chi connectivity index (χ2v) is 7.14. The maximum absolute atomic E-state index is 12.5. The second-order valence-electron chi connectivity index (χ2n) is 6.74. The highest BCUT2D eigenvalue weighted by atomic mass is 35.5. The maximum atomic E-state index is 12.5. The molecule has 3 amide bonds. The minimum Gasteiger partial charge on any atom is -0.383 e. The van der Waals surface area contributed by atoms with Crippen LogP contribution in [0.3, 0.4) is 0 Å². The number of nitrogens with zero attached hydrogens (tertiary/aromatic N) is 3. The van der Waals surface area contributed by atoms with Crippen molar-refractivity contribution in [3.8, 4) is 0 Å². The van der Waals surface area contributed by atoms with Gasteiger partial charge in [0.25, 0.3) is 5.91 Å². The van der Waals surface area contributed by atoms with E-state index >= 15 is 0 Å². The molecule has 0 radical (unpaired) electrons. The van der Waals surface area contributed by atoms with E-state index in [2.05, 4.69) is 20.6 Å². The number of amides is 3. The Kier molecular flexibility index (Phi) is 4.45. The first kappa shape index (κ1) is 17.9. The summed E-state index contributed by atoms with van der Waals surface area (Å²) < 4.78 is 0. The number of nitrogens with two attached hydrogens (primary N) is 1. The molecule has 1 saturated heterocycles. The molecule has 4 N–H and O–H groups in total. The van der Waals surface area contributed by atoms with Crippen molar-refractivity contribution in [2.45, 2.75) is 26.3 Å². The molecule has 0 saturated carbocycles. The first-order valence-corrected chi connectivity index (χ1v) is 8.34. The van der Waals surface area contributed by atoms with Crippen molar-refractivity contribution in [3.63, 3.8) is 0 Å². The van der Waals surface area contributed by atoms with Crippen LogP contribution < -0.4 is 21.3 Å². The number of hydrogen-bond acceptors (Lipinski definition) is 5. The number of hydrogen-bond donors (Lipinski definition) is 3. The zero-order valence-electron chi connectivity index (χ0n) is 14.6. The minimum atomic E-state index is -0.453. The highest BCUT2D eigenvalue weighted by Gasteiger charge is 2.37. The van der Waals surface area contributed by atoms with E-state index in [9.17, 15) is 9.59 Å². The monoisotopic (exact) mass is 374 g/mol. The molecule has 1 aliphatic heterocycles. The van der Waals surface area contributed by atoms with E-state index in [0.29, 0.717) is 17.3 Å². The van der Waals surface area contributed by atoms with Gasteiger partial charge in [0.05, 0.1) is 12.1 Å². The molecule has 1 fully saturated rings. The largest absolute Gasteiger partial charge is 0.383 e. The summed E-state index contributed by atoms with van der Waals surface area (Å²) in [6.07, 6.45) is 1.31. The molecule has 9 heteroatoms. The summed E-state index contributed by atoms with van der Waals surface area (Å²) in [6.45, 7) is 5.99. The molecule has 1 aliphatic rings. The van der Waals surface area contributed by atoms with Crippen molar-refractivity contribution in [2.75, 3.05) is 22.5 Å². The Bertz CT molecular complexity index is 899. The Morgan fingerprint density at radius 2 is 2.15 bits per heavy atom. The lowest BCUT2D eigenvalue weighted by Crippen LogP contribution is -2.36. The number of nitrogens with one attached hydrogen (secondary N) is 2. The van der Waals surface area contributed by atoms with Crippen molar-refractivity contribution in [1.82, 2.24) is 15.3 Å². The molecule has 0 bridgehead atoms. The molecule has 8 nitrogen and oxygen atoms in total. The summed E-state index contributed by atoms with van der Waals surface area (Å²) >= 11 is 6.06. The van der Waals surface area contributed by atoms with Gasteiger partial charge in [-0.25, -0.2) is 9.78 Å². The summed E-state index contributed by atoms with van der Waals surface area (Å²) in [7, 11) is 0. The van der Waals surface area contributed by atoms with Crippen molar-refractivity contribution >= 4 is 41.0 Å². The third kappa shape index (κ3) is 3.41. The molecule has 26 heavy (non-hydrogen) atoms. The molecular weight excluding hydrogens is 356 g/mol. The molecule has 3 rings (SSSR count). The summed E-state index contributed by atoms with van der Waals surface area (Å²) in [5.41, 5.74) is 6.97. The van der Waals surface area contributed by atoms with Crippen molar-refractivity contribution < 1.29 is 9.59 Å². The molecule has 0 unspecified atom stereocenters. The fraction of sp³-hybridized carbons (Fsp3) is 0.294. The summed E-state index contributed by atoms with van der Waals surface area (Å²) in [6, 6.07) is 4.91. The highest BCUT2D eigenvalue weighted by molar-refractivity contribution is 6.31. The number of nitrogen functional groups attached to an aromatic ring is 1. The Balaban J connectivity index is 1.83. The minimum absolute atomic E-state index is 0.00955. The highest BCUT2D eigenvalue weighted by Crippen LogP contribution is 2.25. The van der Waals surface area contributed by atoms with Crippen molar-refractivity contribution in [3.05, 3.63) is 40.5 Å². The van der Waals surface area contributed by atoms with Crippen LogP contribution in [-0.2, 0) is 0 Å². The number of rotatable bonds is 3. The van der Waals surface area contributed by atoms with Crippen molar-refractivity contribution in [1.29, 1.82) is 0 Å². The van der Waals surface area contributed by atoms with Gasteiger partial charge in [-0.05, 0) is 38.5 Å². The number of anilines is 3. The fourth-order valence-electron chi connectivity index (χ4n) is 2.65. The van der Waals surface area contributed by atoms with E-state index in [1.165, 1.54) is 11.1 Å². The van der Waals surface area contributed by atoms with Crippen LogP contribution in [0.1, 0.15) is 29.8 Å². The van der Waals surface area contributed by atoms with Crippen LogP contribution in [0.5, 0.6) is 0 Å². The first-order valence-electron chi connectivity index (χ1n) is 7.96. The van der Waals surface area contributed by atoms with Crippen LogP contribution >= 0.6 is 11.6 Å². The smallest absolute Gasteiger partial charge is 0.324 e. The molecule has 0 atom stereocenters. The third-order valence-corrected chi connectivity index (χ3v) is 4.46. The first-order chi connectivity index (χ1) is 12.2. The molecule has 136 valence electrons. The number of urea groups is 1. The van der Waals surface area contributed by atoms with E-state index in [0.717, 1.165) is 5.56 Å². The zero-order chi connectivity index (χ0) is 19.1. The van der Waals surface area contributed by atoms with Gasteiger partial charge in [-0.15, -0.1) is 0 Å². The van der Waals surface area contributed by atoms with Gasteiger partial charge in [-0.1, -0.05) is 17.7 Å². The van der Waals surface area contributed by atoms with Crippen LogP contribution in [0, 0.1) is 6.92 Å². The normalized spacial score (nSPS) is 15.7. The van der Waals surface area contributed by atoms with E-state index < -0.39 is 11.4 Å². The quantitative estimate of drug-likeness (QED) is 0.764. The molecule has 0 spiro atoms. The molecule has 0 aliphatic carbocycles.